The van der Waals surface area contributed by atoms with E-state index in [0.29, 0.717) is 29.1 Å². The quantitative estimate of drug-likeness (QED) is 0.851. The number of halogens is 1. The molecule has 5 heteroatoms. The summed E-state index contributed by atoms with van der Waals surface area (Å²) < 4.78 is 0. The molecule has 1 saturated heterocycles. The Morgan fingerprint density at radius 2 is 1.96 bits per heavy atom. The van der Waals surface area contributed by atoms with Crippen molar-refractivity contribution in [2.24, 2.45) is 11.8 Å². The Morgan fingerprint density at radius 1 is 1.15 bits per heavy atom. The first-order chi connectivity index (χ1) is 12.6. The normalized spacial score (nSPS) is 27.4. The highest BCUT2D eigenvalue weighted by Crippen LogP contribution is 2.43. The lowest BCUT2D eigenvalue weighted by molar-refractivity contribution is 0.150. The number of hydrogen-bond donors (Lipinski definition) is 2. The predicted molar refractivity (Wildman–Crippen MR) is 103 cm³/mol. The van der Waals surface area contributed by atoms with Gasteiger partial charge in [0.1, 0.15) is 0 Å². The molecule has 4 atom stereocenters. The predicted octanol–water partition coefficient (Wildman–Crippen LogP) is 4.19. The first-order valence-electron chi connectivity index (χ1n) is 9.15. The van der Waals surface area contributed by atoms with Crippen molar-refractivity contribution < 1.29 is 9.90 Å². The highest BCUT2D eigenvalue weighted by molar-refractivity contribution is 6.30. The first kappa shape index (κ1) is 17.4. The zero-order valence-corrected chi connectivity index (χ0v) is 15.3. The lowest BCUT2D eigenvalue weighted by Crippen LogP contribution is -2.42. The van der Waals surface area contributed by atoms with Crippen LogP contribution < -0.4 is 5.32 Å². The second kappa shape index (κ2) is 7.29. The lowest BCUT2D eigenvalue weighted by atomic mass is 9.90. The number of rotatable bonds is 3. The number of benzene rings is 2. The number of nitrogens with zero attached hydrogens (tertiary/aromatic N) is 1. The molecule has 26 heavy (non-hydrogen) atoms. The molecule has 2 N–H and O–H groups in total. The van der Waals surface area contributed by atoms with Crippen molar-refractivity contribution in [2.75, 3.05) is 11.9 Å². The van der Waals surface area contributed by atoms with E-state index in [9.17, 15) is 9.90 Å². The molecule has 1 aliphatic carbocycles. The summed E-state index contributed by atoms with van der Waals surface area (Å²) in [4.78, 5) is 14.9. The second-order valence-electron chi connectivity index (χ2n) is 7.40. The van der Waals surface area contributed by atoms with Gasteiger partial charge in [-0.2, -0.15) is 0 Å². The Morgan fingerprint density at radius 3 is 2.73 bits per heavy atom. The minimum Gasteiger partial charge on any atom is -0.393 e. The summed E-state index contributed by atoms with van der Waals surface area (Å²) in [6, 6.07) is 17.5. The molecular weight excluding hydrogens is 348 g/mol. The van der Waals surface area contributed by atoms with E-state index >= 15 is 0 Å². The molecule has 2 amide bonds. The fraction of sp³-hybridized carbons (Fsp3) is 0.381. The topological polar surface area (TPSA) is 52.6 Å². The van der Waals surface area contributed by atoms with Gasteiger partial charge in [-0.3, -0.25) is 0 Å². The van der Waals surface area contributed by atoms with Crippen molar-refractivity contribution in [1.82, 2.24) is 4.90 Å². The third kappa shape index (κ3) is 3.57. The maximum absolute atomic E-state index is 12.9. The smallest absolute Gasteiger partial charge is 0.322 e. The Labute approximate surface area is 158 Å². The third-order valence-corrected chi connectivity index (χ3v) is 5.91. The third-order valence-electron chi connectivity index (χ3n) is 5.67. The van der Waals surface area contributed by atoms with Crippen LogP contribution >= 0.6 is 11.6 Å². The molecule has 2 fully saturated rings. The highest BCUT2D eigenvalue weighted by atomic mass is 35.5. The SMILES string of the molecule is O=C(Nc1cccc(Cl)c1)N1CC2CC(O)CC2C1Cc1ccccc1. The van der Waals surface area contributed by atoms with Crippen molar-refractivity contribution in [3.05, 3.63) is 65.2 Å². The highest BCUT2D eigenvalue weighted by Gasteiger charge is 2.48. The van der Waals surface area contributed by atoms with E-state index < -0.39 is 0 Å². The fourth-order valence-electron chi connectivity index (χ4n) is 4.54. The maximum atomic E-state index is 12.9. The number of amides is 2. The van der Waals surface area contributed by atoms with E-state index in [1.54, 1.807) is 12.1 Å². The molecule has 1 saturated carbocycles. The van der Waals surface area contributed by atoms with E-state index in [2.05, 4.69) is 17.4 Å². The number of aliphatic hydroxyl groups is 1. The summed E-state index contributed by atoms with van der Waals surface area (Å²) >= 11 is 6.03. The summed E-state index contributed by atoms with van der Waals surface area (Å²) in [6.07, 6.45) is 2.15. The Balaban J connectivity index is 1.54. The Bertz CT molecular complexity index is 783. The van der Waals surface area contributed by atoms with Gasteiger partial charge in [0.25, 0.3) is 0 Å². The standard InChI is InChI=1S/C21H23ClN2O2/c22-16-7-4-8-17(11-16)23-21(26)24-13-15-10-18(25)12-19(15)20(24)9-14-5-2-1-3-6-14/h1-8,11,15,18-20,25H,9-10,12-13H2,(H,23,26). The summed E-state index contributed by atoms with van der Waals surface area (Å²) in [5, 5.41) is 13.7. The summed E-state index contributed by atoms with van der Waals surface area (Å²) in [6.45, 7) is 0.700. The molecule has 2 aliphatic rings. The van der Waals surface area contributed by atoms with Gasteiger partial charge in [-0.25, -0.2) is 4.79 Å². The van der Waals surface area contributed by atoms with Gasteiger partial charge in [-0.05, 0) is 54.9 Å². The number of carbonyl (C=O) groups excluding carboxylic acids is 1. The molecule has 4 unspecified atom stereocenters. The zero-order valence-electron chi connectivity index (χ0n) is 14.5. The molecule has 0 radical (unpaired) electrons. The number of likely N-dealkylation sites (tertiary alicyclic amines) is 1. The molecule has 2 aromatic carbocycles. The Hall–Kier alpha value is -2.04. The van der Waals surface area contributed by atoms with Crippen LogP contribution in [0.5, 0.6) is 0 Å². The van der Waals surface area contributed by atoms with Crippen LogP contribution in [0.1, 0.15) is 18.4 Å². The van der Waals surface area contributed by atoms with Crippen LogP contribution in [0.3, 0.4) is 0 Å². The van der Waals surface area contributed by atoms with Gasteiger partial charge < -0.3 is 15.3 Å². The van der Waals surface area contributed by atoms with Crippen LogP contribution in [0.4, 0.5) is 10.5 Å². The van der Waals surface area contributed by atoms with Gasteiger partial charge in [0.2, 0.25) is 0 Å². The number of nitrogens with one attached hydrogen (secondary N) is 1. The Kier molecular flexibility index (Phi) is 4.88. The first-order valence-corrected chi connectivity index (χ1v) is 9.53. The van der Waals surface area contributed by atoms with Crippen LogP contribution in [0.25, 0.3) is 0 Å². The summed E-state index contributed by atoms with van der Waals surface area (Å²) in [5.41, 5.74) is 1.93. The van der Waals surface area contributed by atoms with Crippen molar-refractivity contribution >= 4 is 23.3 Å². The second-order valence-corrected chi connectivity index (χ2v) is 7.84. The van der Waals surface area contributed by atoms with Crippen LogP contribution in [0.2, 0.25) is 5.02 Å². The summed E-state index contributed by atoms with van der Waals surface area (Å²) in [7, 11) is 0. The number of hydrogen-bond acceptors (Lipinski definition) is 2. The van der Waals surface area contributed by atoms with Crippen molar-refractivity contribution in [2.45, 2.75) is 31.4 Å². The molecule has 4 nitrogen and oxygen atoms in total. The molecule has 0 aromatic heterocycles. The average Bonchev–Trinajstić information content (AvgIpc) is 3.13. The molecule has 4 rings (SSSR count). The van der Waals surface area contributed by atoms with Gasteiger partial charge in [-0.15, -0.1) is 0 Å². The van der Waals surface area contributed by atoms with Gasteiger partial charge in [0, 0.05) is 23.3 Å². The molecular formula is C21H23ClN2O2. The monoisotopic (exact) mass is 370 g/mol. The van der Waals surface area contributed by atoms with Crippen LogP contribution in [-0.4, -0.2) is 34.7 Å². The molecule has 136 valence electrons. The van der Waals surface area contributed by atoms with Crippen LogP contribution in [0.15, 0.2) is 54.6 Å². The number of fused-ring (bicyclic) bond motifs is 1. The molecule has 0 spiro atoms. The fourth-order valence-corrected chi connectivity index (χ4v) is 4.73. The molecule has 1 heterocycles. The number of urea groups is 1. The van der Waals surface area contributed by atoms with E-state index in [1.165, 1.54) is 5.56 Å². The number of carbonyl (C=O) groups is 1. The van der Waals surface area contributed by atoms with Gasteiger partial charge in [0.05, 0.1) is 6.10 Å². The zero-order chi connectivity index (χ0) is 18.1. The molecule has 2 aromatic rings. The number of aliphatic hydroxyl groups excluding tert-OH is 1. The summed E-state index contributed by atoms with van der Waals surface area (Å²) in [5.74, 6) is 0.735. The molecule has 1 aliphatic heterocycles. The van der Waals surface area contributed by atoms with Gasteiger partial charge in [0.15, 0.2) is 0 Å². The molecule has 0 bridgehead atoms. The maximum Gasteiger partial charge on any atom is 0.322 e. The van der Waals surface area contributed by atoms with E-state index in [1.807, 2.05) is 35.2 Å². The number of anilines is 1. The van der Waals surface area contributed by atoms with E-state index in [0.717, 1.165) is 19.3 Å². The van der Waals surface area contributed by atoms with Crippen LogP contribution in [-0.2, 0) is 6.42 Å². The van der Waals surface area contributed by atoms with Crippen molar-refractivity contribution in [1.29, 1.82) is 0 Å². The van der Waals surface area contributed by atoms with E-state index in [4.69, 9.17) is 11.6 Å². The lowest BCUT2D eigenvalue weighted by Gasteiger charge is -2.29. The van der Waals surface area contributed by atoms with Crippen molar-refractivity contribution in [3.63, 3.8) is 0 Å². The van der Waals surface area contributed by atoms with Gasteiger partial charge >= 0.3 is 6.03 Å². The van der Waals surface area contributed by atoms with Crippen LogP contribution in [0, 0.1) is 11.8 Å². The average molecular weight is 371 g/mol. The van der Waals surface area contributed by atoms with E-state index in [-0.39, 0.29) is 18.2 Å². The minimum atomic E-state index is -0.235. The minimum absolute atomic E-state index is 0.0860. The van der Waals surface area contributed by atoms with Gasteiger partial charge in [-0.1, -0.05) is 48.0 Å². The van der Waals surface area contributed by atoms with Crippen molar-refractivity contribution in [3.8, 4) is 0 Å². The largest absolute Gasteiger partial charge is 0.393 e.